The molecule has 0 atom stereocenters. The smallest absolute Gasteiger partial charge is 0.145 e. The molecule has 0 aliphatic rings. The van der Waals surface area contributed by atoms with Gasteiger partial charge in [-0.1, -0.05) is 35.9 Å². The topological polar surface area (TPSA) is 0 Å². The number of halogens is 3. The minimum absolute atomic E-state index is 0.946. The zero-order chi connectivity index (χ0) is 6.62. The summed E-state index contributed by atoms with van der Waals surface area (Å²) in [7, 11) is 0. The van der Waals surface area contributed by atoms with Crippen LogP contribution < -0.4 is 0 Å². The highest BCUT2D eigenvalue weighted by atomic mass is 127. The Morgan fingerprint density at radius 1 is 1.50 bits per heavy atom. The zero-order valence-corrected chi connectivity index (χ0v) is 9.42. The molecule has 50 valence electrons. The molecule has 0 amide bonds. The summed E-state index contributed by atoms with van der Waals surface area (Å²) in [6, 6.07) is 1.03. The predicted molar refractivity (Wildman–Crippen MR) is 51.4 cm³/mol. The Hall–Kier alpha value is 1.53. The number of hydrogen-bond acceptors (Lipinski definition) is 0. The van der Waals surface area contributed by atoms with Crippen molar-refractivity contribution >= 4 is 51.4 Å². The molecule has 8 heavy (non-hydrogen) atoms. The van der Waals surface area contributed by atoms with E-state index >= 15 is 0 Å². The van der Waals surface area contributed by atoms with Crippen molar-refractivity contribution < 1.29 is 0 Å². The lowest BCUT2D eigenvalue weighted by Gasteiger charge is -2.09. The summed E-state index contributed by atoms with van der Waals surface area (Å²) in [5.74, 6) is 0. The van der Waals surface area contributed by atoms with Crippen molar-refractivity contribution in [1.82, 2.24) is 0 Å². The molecule has 0 radical (unpaired) electrons. The summed E-state index contributed by atoms with van der Waals surface area (Å²) >= 11 is 14.1. The van der Waals surface area contributed by atoms with Crippen LogP contribution in [0.2, 0.25) is 6.04 Å². The van der Waals surface area contributed by atoms with Crippen molar-refractivity contribution in [3.05, 3.63) is 0 Å². The van der Waals surface area contributed by atoms with Gasteiger partial charge >= 0.3 is 0 Å². The van der Waals surface area contributed by atoms with Crippen LogP contribution in [-0.2, 0) is 0 Å². The first-order chi connectivity index (χ1) is 3.62. The molecule has 0 spiro atoms. The maximum Gasteiger partial charge on any atom is 0.260 e. The second-order valence-corrected chi connectivity index (χ2v) is 11.4. The van der Waals surface area contributed by atoms with E-state index in [0.29, 0.717) is 0 Å². The summed E-state index contributed by atoms with van der Waals surface area (Å²) in [6.45, 7) is 0.364. The Labute approximate surface area is 74.5 Å². The molecule has 0 aliphatic carbocycles. The average Bonchev–Trinajstić information content (AvgIpc) is 1.67. The van der Waals surface area contributed by atoms with Gasteiger partial charge in [0.25, 0.3) is 6.69 Å². The Kier molecular flexibility index (Phi) is 5.19. The number of alkyl halides is 1. The minimum atomic E-state index is -1.75. The van der Waals surface area contributed by atoms with Gasteiger partial charge in [0.05, 0.1) is 0 Å². The van der Waals surface area contributed by atoms with Crippen LogP contribution in [0.15, 0.2) is 0 Å². The highest BCUT2D eigenvalue weighted by Gasteiger charge is 2.24. The molecule has 0 rings (SSSR count). The molecule has 0 aromatic rings. The SMILES string of the molecule is CCC[Si](Cl)(Cl)CI. The van der Waals surface area contributed by atoms with Crippen molar-refractivity contribution in [1.29, 1.82) is 0 Å². The van der Waals surface area contributed by atoms with E-state index in [-0.39, 0.29) is 0 Å². The molecule has 0 aromatic heterocycles. The molecular formula is C4H9Cl2ISi. The standard InChI is InChI=1S/C4H9Cl2ISi/c1-2-3-8(5,6)4-7/h2-4H2,1H3. The van der Waals surface area contributed by atoms with Crippen molar-refractivity contribution in [2.45, 2.75) is 19.4 Å². The van der Waals surface area contributed by atoms with Crippen molar-refractivity contribution in [3.8, 4) is 0 Å². The third kappa shape index (κ3) is 4.41. The first-order valence-corrected chi connectivity index (χ1v) is 8.52. The van der Waals surface area contributed by atoms with Crippen molar-refractivity contribution in [2.24, 2.45) is 0 Å². The van der Waals surface area contributed by atoms with Gasteiger partial charge in [0.15, 0.2) is 0 Å². The van der Waals surface area contributed by atoms with E-state index in [9.17, 15) is 0 Å². The Balaban J connectivity index is 3.37. The van der Waals surface area contributed by atoms with E-state index in [2.05, 4.69) is 29.5 Å². The van der Waals surface area contributed by atoms with E-state index in [1.807, 2.05) is 0 Å². The van der Waals surface area contributed by atoms with Crippen molar-refractivity contribution in [3.63, 3.8) is 0 Å². The fourth-order valence-corrected chi connectivity index (χ4v) is 3.58. The molecule has 0 bridgehead atoms. The Bertz CT molecular complexity index is 67.1. The molecule has 4 heteroatoms. The fraction of sp³-hybridized carbons (Fsp3) is 1.00. The van der Waals surface area contributed by atoms with Gasteiger partial charge in [-0.25, -0.2) is 0 Å². The molecule has 0 saturated carbocycles. The maximum absolute atomic E-state index is 5.92. The zero-order valence-electron chi connectivity index (χ0n) is 4.76. The third-order valence-corrected chi connectivity index (χ3v) is 11.0. The van der Waals surface area contributed by atoms with E-state index in [1.165, 1.54) is 0 Å². The van der Waals surface area contributed by atoms with Crippen LogP contribution in [-0.4, -0.2) is 10.7 Å². The molecular weight excluding hydrogens is 274 g/mol. The number of rotatable bonds is 3. The van der Waals surface area contributed by atoms with E-state index in [1.54, 1.807) is 0 Å². The first kappa shape index (κ1) is 9.53. The van der Waals surface area contributed by atoms with Gasteiger partial charge < -0.3 is 0 Å². The fourth-order valence-electron chi connectivity index (χ4n) is 0.433. The lowest BCUT2D eigenvalue weighted by Crippen LogP contribution is -2.20. The van der Waals surface area contributed by atoms with Crippen LogP contribution >= 0.6 is 44.7 Å². The maximum atomic E-state index is 5.92. The van der Waals surface area contributed by atoms with E-state index < -0.39 is 6.69 Å². The number of hydrogen-bond donors (Lipinski definition) is 0. The Morgan fingerprint density at radius 3 is 2.12 bits per heavy atom. The summed E-state index contributed by atoms with van der Waals surface area (Å²) in [5, 5.41) is 0. The van der Waals surface area contributed by atoms with Crippen LogP contribution in [0.4, 0.5) is 0 Å². The molecule has 0 aliphatic heterocycles. The van der Waals surface area contributed by atoms with Crippen molar-refractivity contribution in [2.75, 3.05) is 4.05 Å². The van der Waals surface area contributed by atoms with Gasteiger partial charge in [0.1, 0.15) is 0 Å². The third-order valence-electron chi connectivity index (χ3n) is 0.811. The monoisotopic (exact) mass is 282 g/mol. The molecule has 0 nitrogen and oxygen atoms in total. The van der Waals surface area contributed by atoms with Crippen LogP contribution in [0, 0.1) is 0 Å². The predicted octanol–water partition coefficient (Wildman–Crippen LogP) is 3.29. The van der Waals surface area contributed by atoms with Gasteiger partial charge in [0, 0.05) is 4.05 Å². The van der Waals surface area contributed by atoms with Gasteiger partial charge in [-0.05, 0) is 6.04 Å². The normalized spacial score (nSPS) is 12.0. The second kappa shape index (κ2) is 4.36. The van der Waals surface area contributed by atoms with E-state index in [0.717, 1.165) is 16.5 Å². The summed E-state index contributed by atoms with van der Waals surface area (Å²) in [5.41, 5.74) is 0. The van der Waals surface area contributed by atoms with Gasteiger partial charge in [0.2, 0.25) is 0 Å². The Morgan fingerprint density at radius 2 is 2.00 bits per heavy atom. The molecule has 0 saturated heterocycles. The van der Waals surface area contributed by atoms with Gasteiger partial charge in [-0.3, -0.25) is 0 Å². The molecule has 0 unspecified atom stereocenters. The summed E-state index contributed by atoms with van der Waals surface area (Å²) in [6.07, 6.45) is 1.11. The second-order valence-electron chi connectivity index (χ2n) is 1.74. The van der Waals surface area contributed by atoms with Crippen LogP contribution in [0.1, 0.15) is 13.3 Å². The van der Waals surface area contributed by atoms with Crippen LogP contribution in [0.3, 0.4) is 0 Å². The van der Waals surface area contributed by atoms with Crippen LogP contribution in [0.5, 0.6) is 0 Å². The highest BCUT2D eigenvalue weighted by molar-refractivity contribution is 14.1. The van der Waals surface area contributed by atoms with Crippen LogP contribution in [0.25, 0.3) is 0 Å². The molecule has 0 N–H and O–H groups in total. The highest BCUT2D eigenvalue weighted by Crippen LogP contribution is 2.23. The van der Waals surface area contributed by atoms with Gasteiger partial charge in [-0.15, -0.1) is 22.2 Å². The summed E-state index contributed by atoms with van der Waals surface area (Å²) < 4.78 is 0.946. The molecule has 0 aromatic carbocycles. The van der Waals surface area contributed by atoms with Gasteiger partial charge in [-0.2, -0.15) is 0 Å². The quantitative estimate of drug-likeness (QED) is 0.323. The first-order valence-electron chi connectivity index (χ1n) is 2.56. The molecule has 0 heterocycles. The average molecular weight is 283 g/mol. The minimum Gasteiger partial charge on any atom is -0.145 e. The lowest BCUT2D eigenvalue weighted by atomic mass is 10.6. The largest absolute Gasteiger partial charge is 0.260 e. The lowest BCUT2D eigenvalue weighted by molar-refractivity contribution is 1.07. The van der Waals surface area contributed by atoms with E-state index in [4.69, 9.17) is 22.2 Å². The molecule has 0 fully saturated rings. The summed E-state index contributed by atoms with van der Waals surface area (Å²) in [4.78, 5) is 0.